The van der Waals surface area contributed by atoms with Crippen molar-refractivity contribution in [3.05, 3.63) is 223 Å². The second-order valence-electron chi connectivity index (χ2n) is 13.9. The van der Waals surface area contributed by atoms with Crippen LogP contribution in [-0.4, -0.2) is 32.3 Å². The van der Waals surface area contributed by atoms with Crippen LogP contribution >= 0.6 is 63.7 Å². The Kier molecular flexibility index (Phi) is 10.5. The van der Waals surface area contributed by atoms with Crippen LogP contribution in [0.3, 0.4) is 0 Å². The van der Waals surface area contributed by atoms with E-state index in [1.807, 2.05) is 55.5 Å². The molecule has 1 aliphatic rings. The molecule has 0 fully saturated rings. The minimum atomic E-state index is 0.0222. The SMILES string of the molecule is CCOc1ccc(C2=c3ccc([nH]3)=C(c3c(Br)cccc3Br)c3ccc([nH]3)C(c3ccc(C(C)=O)cc3)=c3ccc([nH]3)=C(c3c(Br)cccc3Br)c3ccc2[nH]3)cc1. The number of H-pyrrole nitrogens is 4. The van der Waals surface area contributed by atoms with E-state index >= 15 is 0 Å². The average Bonchev–Trinajstić information content (AvgIpc) is 4.06. The van der Waals surface area contributed by atoms with Crippen molar-refractivity contribution in [3.63, 3.8) is 0 Å². The van der Waals surface area contributed by atoms with Crippen LogP contribution in [0.5, 0.6) is 5.75 Å². The Morgan fingerprint density at radius 1 is 0.466 bits per heavy atom. The molecule has 5 heterocycles. The molecule has 0 saturated carbocycles. The number of hydrogen-bond acceptors (Lipinski definition) is 2. The fourth-order valence-electron chi connectivity index (χ4n) is 7.72. The van der Waals surface area contributed by atoms with Gasteiger partial charge in [0.25, 0.3) is 0 Å². The molecule has 1 aliphatic heterocycles. The average molecular weight is 1020 g/mol. The Morgan fingerprint density at radius 2 is 0.828 bits per heavy atom. The molecule has 4 aromatic carbocycles. The molecular weight excluding hydrogens is 984 g/mol. The van der Waals surface area contributed by atoms with Crippen LogP contribution in [0.1, 0.15) is 69.2 Å². The lowest BCUT2D eigenvalue weighted by atomic mass is 10.00. The lowest BCUT2D eigenvalue weighted by Crippen LogP contribution is -2.19. The van der Waals surface area contributed by atoms with Crippen molar-refractivity contribution in [2.24, 2.45) is 0 Å². The van der Waals surface area contributed by atoms with E-state index < -0.39 is 0 Å². The van der Waals surface area contributed by atoms with Gasteiger partial charge in [0.2, 0.25) is 0 Å². The largest absolute Gasteiger partial charge is 0.494 e. The third-order valence-electron chi connectivity index (χ3n) is 10.4. The number of carbonyl (C=O) groups is 1. The maximum atomic E-state index is 12.3. The summed E-state index contributed by atoms with van der Waals surface area (Å²) in [5.74, 6) is 0.841. The smallest absolute Gasteiger partial charge is 0.159 e. The van der Waals surface area contributed by atoms with Gasteiger partial charge >= 0.3 is 0 Å². The van der Waals surface area contributed by atoms with Crippen LogP contribution in [0.4, 0.5) is 0 Å². The zero-order valence-corrected chi connectivity index (χ0v) is 37.6. The zero-order chi connectivity index (χ0) is 40.1. The van der Waals surface area contributed by atoms with Crippen molar-refractivity contribution < 1.29 is 9.53 Å². The normalized spacial score (nSPS) is 12.7. The fraction of sp³-hybridized carbons (Fsp3) is 0.0625. The highest BCUT2D eigenvalue weighted by Gasteiger charge is 2.22. The van der Waals surface area contributed by atoms with Gasteiger partial charge in [-0.2, -0.15) is 0 Å². The molecule has 9 rings (SSSR count). The van der Waals surface area contributed by atoms with Gasteiger partial charge < -0.3 is 24.7 Å². The summed E-state index contributed by atoms with van der Waals surface area (Å²) in [5.41, 5.74) is 12.3. The maximum Gasteiger partial charge on any atom is 0.159 e. The standard InChI is InChI=1S/C48H34Br4N4O2/c1-3-58-30-16-14-29(15-17-30)44-37-20-24-41(55-37)47(45-31(49)6-4-7-32(45)50)39-22-18-35(53-39)43(28-12-10-27(11-13-28)26(2)57)36-19-23-40(54-36)48(42-25-21-38(44)56-42)46-33(51)8-5-9-34(46)52/h4-25,53-56H,3H2,1-2H3. The Balaban J connectivity index is 1.43. The minimum Gasteiger partial charge on any atom is -0.494 e. The van der Waals surface area contributed by atoms with E-state index in [1.54, 1.807) is 6.92 Å². The lowest BCUT2D eigenvalue weighted by Gasteiger charge is -2.13. The van der Waals surface area contributed by atoms with E-state index in [2.05, 4.69) is 169 Å². The number of Topliss-reactive ketones (excluding diaryl/α,β-unsaturated/α-hetero) is 1. The highest BCUT2D eigenvalue weighted by atomic mass is 79.9. The molecule has 286 valence electrons. The minimum absolute atomic E-state index is 0.0222. The van der Waals surface area contributed by atoms with Crippen molar-refractivity contribution in [3.8, 4) is 5.75 Å². The summed E-state index contributed by atoms with van der Waals surface area (Å²) in [6.07, 6.45) is 0. The number of carbonyl (C=O) groups excluding carboxylic acids is 1. The quantitative estimate of drug-likeness (QED) is 0.120. The molecule has 6 nitrogen and oxygen atoms in total. The van der Waals surface area contributed by atoms with Gasteiger partial charge in [0.15, 0.2) is 5.78 Å². The third kappa shape index (κ3) is 7.06. The number of hydrogen-bond donors (Lipinski definition) is 4. The zero-order valence-electron chi connectivity index (χ0n) is 31.2. The third-order valence-corrected chi connectivity index (χ3v) is 13.0. The van der Waals surface area contributed by atoms with Gasteiger partial charge in [0.05, 0.1) is 6.61 Å². The maximum absolute atomic E-state index is 12.3. The van der Waals surface area contributed by atoms with Crippen molar-refractivity contribution in [2.75, 3.05) is 6.61 Å². The molecule has 0 atom stereocenters. The molecule has 10 heteroatoms. The summed E-state index contributed by atoms with van der Waals surface area (Å²) in [6.45, 7) is 4.18. The van der Waals surface area contributed by atoms with Gasteiger partial charge in [-0.1, -0.05) is 112 Å². The van der Waals surface area contributed by atoms with Crippen molar-refractivity contribution in [2.45, 2.75) is 13.8 Å². The van der Waals surface area contributed by atoms with Crippen LogP contribution in [-0.2, 0) is 0 Å². The van der Waals surface area contributed by atoms with E-state index in [9.17, 15) is 4.79 Å². The number of rotatable bonds is 7. The first-order valence-electron chi connectivity index (χ1n) is 18.7. The number of halogens is 4. The number of ketones is 1. The van der Waals surface area contributed by atoms with Gasteiger partial charge in [-0.3, -0.25) is 4.79 Å². The monoisotopic (exact) mass is 1010 g/mol. The van der Waals surface area contributed by atoms with Gasteiger partial charge in [0.1, 0.15) is 5.75 Å². The van der Waals surface area contributed by atoms with E-state index in [4.69, 9.17) is 4.74 Å². The summed E-state index contributed by atoms with van der Waals surface area (Å²) >= 11 is 15.6. The van der Waals surface area contributed by atoms with Crippen LogP contribution < -0.4 is 26.1 Å². The Morgan fingerprint density at radius 3 is 1.21 bits per heavy atom. The molecule has 0 aliphatic carbocycles. The van der Waals surface area contributed by atoms with Crippen molar-refractivity contribution in [1.82, 2.24) is 19.9 Å². The molecule has 0 unspecified atom stereocenters. The second kappa shape index (κ2) is 15.9. The van der Waals surface area contributed by atoms with E-state index in [0.717, 1.165) is 112 Å². The lowest BCUT2D eigenvalue weighted by molar-refractivity contribution is 0.101. The molecule has 0 spiro atoms. The number of aromatic amines is 4. The molecular formula is C48H34Br4N4O2. The van der Waals surface area contributed by atoms with Crippen LogP contribution in [0.25, 0.3) is 22.3 Å². The second-order valence-corrected chi connectivity index (χ2v) is 17.3. The van der Waals surface area contributed by atoms with Crippen LogP contribution in [0.15, 0.2) is 151 Å². The molecule has 8 aromatic rings. The van der Waals surface area contributed by atoms with Gasteiger partial charge in [-0.25, -0.2) is 0 Å². The first-order valence-corrected chi connectivity index (χ1v) is 21.9. The van der Waals surface area contributed by atoms with Gasteiger partial charge in [-0.05, 0) is 110 Å². The summed E-state index contributed by atoms with van der Waals surface area (Å²) in [6, 6.07) is 45.4. The molecule has 58 heavy (non-hydrogen) atoms. The van der Waals surface area contributed by atoms with Gasteiger partial charge in [-0.15, -0.1) is 0 Å². The van der Waals surface area contributed by atoms with E-state index in [1.165, 1.54) is 0 Å². The fourth-order valence-corrected chi connectivity index (χ4v) is 10.5. The number of fused-ring (bicyclic) bond motifs is 8. The Hall–Kier alpha value is -5.13. The van der Waals surface area contributed by atoms with E-state index in [-0.39, 0.29) is 5.78 Å². The summed E-state index contributed by atoms with van der Waals surface area (Å²) in [4.78, 5) is 27.7. The first-order chi connectivity index (χ1) is 28.2. The molecule has 0 radical (unpaired) electrons. The van der Waals surface area contributed by atoms with E-state index in [0.29, 0.717) is 12.2 Å². The van der Waals surface area contributed by atoms with Gasteiger partial charge in [0, 0.05) is 101 Å². The highest BCUT2D eigenvalue weighted by molar-refractivity contribution is 9.11. The molecule has 8 bridgehead atoms. The molecule has 0 saturated heterocycles. The number of nitrogens with one attached hydrogen (secondary N) is 4. The first kappa shape index (κ1) is 38.4. The van der Waals surface area contributed by atoms with Crippen LogP contribution in [0, 0.1) is 0 Å². The van der Waals surface area contributed by atoms with Crippen molar-refractivity contribution >= 4 is 91.8 Å². The predicted molar refractivity (Wildman–Crippen MR) is 246 cm³/mol. The summed E-state index contributed by atoms with van der Waals surface area (Å²) < 4.78 is 9.63. The topological polar surface area (TPSA) is 89.5 Å². The van der Waals surface area contributed by atoms with Crippen molar-refractivity contribution in [1.29, 1.82) is 0 Å². The number of aromatic nitrogens is 4. The summed E-state index contributed by atoms with van der Waals surface area (Å²) in [7, 11) is 0. The molecule has 4 N–H and O–H groups in total. The predicted octanol–water partition coefficient (Wildman–Crippen LogP) is 9.95. The number of benzene rings is 4. The number of ether oxygens (including phenoxy) is 1. The Labute approximate surface area is 368 Å². The molecule has 4 aromatic heterocycles. The molecule has 0 amide bonds. The van der Waals surface area contributed by atoms with Crippen LogP contribution in [0.2, 0.25) is 0 Å². The highest BCUT2D eigenvalue weighted by Crippen LogP contribution is 2.36. The Bertz CT molecular complexity index is 3110. The summed E-state index contributed by atoms with van der Waals surface area (Å²) in [5, 5.41) is 3.70.